The minimum absolute atomic E-state index is 0.129. The Balaban J connectivity index is 2.22. The zero-order valence-corrected chi connectivity index (χ0v) is 10.5. The fourth-order valence-corrected chi connectivity index (χ4v) is 2.03. The van der Waals surface area contributed by atoms with Crippen LogP contribution in [0.3, 0.4) is 0 Å². The molecule has 2 aromatic heterocycles. The van der Waals surface area contributed by atoms with Crippen molar-refractivity contribution in [1.29, 1.82) is 0 Å². The molecular weight excluding hydrogens is 262 g/mol. The van der Waals surface area contributed by atoms with Gasteiger partial charge in [0, 0.05) is 5.69 Å². The number of methoxy groups -OCH3 is 1. The van der Waals surface area contributed by atoms with E-state index in [1.165, 1.54) is 6.07 Å². The van der Waals surface area contributed by atoms with E-state index in [9.17, 15) is 14.8 Å². The van der Waals surface area contributed by atoms with Crippen LogP contribution in [0.5, 0.6) is 5.75 Å². The Labute approximate surface area is 112 Å². The van der Waals surface area contributed by atoms with Crippen molar-refractivity contribution < 1.29 is 9.94 Å². The second kappa shape index (κ2) is 4.30. The summed E-state index contributed by atoms with van der Waals surface area (Å²) in [7, 11) is 1.57. The van der Waals surface area contributed by atoms with E-state index in [0.29, 0.717) is 16.2 Å². The molecule has 3 aromatic rings. The smallest absolute Gasteiger partial charge is 0.361 e. The van der Waals surface area contributed by atoms with E-state index in [0.717, 1.165) is 5.56 Å². The normalized spacial score (nSPS) is 10.8. The standard InChI is InChI=1S/C13H11N3O4/c1-20-8-4-2-7(3-5-8)9-6-10-11(14-9)12(17)15-13(18)16(10)19/h2-6,14,19H,1H3,(H,15,17,18). The average molecular weight is 273 g/mol. The SMILES string of the molecule is COc1ccc(-c2cc3c([nH]2)c(=O)[nH]c(=O)n3O)cc1. The van der Waals surface area contributed by atoms with Crippen LogP contribution in [0.25, 0.3) is 22.3 Å². The molecule has 3 N–H and O–H groups in total. The topological polar surface area (TPSA) is 100 Å². The van der Waals surface area contributed by atoms with Crippen LogP contribution in [0.15, 0.2) is 39.9 Å². The van der Waals surface area contributed by atoms with Crippen molar-refractivity contribution in [2.75, 3.05) is 7.11 Å². The Morgan fingerprint density at radius 2 is 1.85 bits per heavy atom. The number of nitrogens with one attached hydrogen (secondary N) is 2. The number of ether oxygens (including phenoxy) is 1. The predicted octanol–water partition coefficient (Wildman–Crippen LogP) is 0.931. The fourth-order valence-electron chi connectivity index (χ4n) is 2.03. The van der Waals surface area contributed by atoms with Gasteiger partial charge in [-0.05, 0) is 35.9 Å². The van der Waals surface area contributed by atoms with Crippen LogP contribution in [-0.4, -0.2) is 27.0 Å². The van der Waals surface area contributed by atoms with Crippen molar-refractivity contribution in [2.24, 2.45) is 0 Å². The van der Waals surface area contributed by atoms with E-state index in [-0.39, 0.29) is 11.0 Å². The van der Waals surface area contributed by atoms with Gasteiger partial charge in [0.1, 0.15) is 16.8 Å². The molecule has 1 aromatic carbocycles. The maximum absolute atomic E-state index is 11.7. The molecule has 0 atom stereocenters. The lowest BCUT2D eigenvalue weighted by Crippen LogP contribution is -2.28. The summed E-state index contributed by atoms with van der Waals surface area (Å²) in [5.74, 6) is 0.710. The molecule has 0 saturated heterocycles. The van der Waals surface area contributed by atoms with E-state index in [2.05, 4.69) is 4.98 Å². The molecule has 7 nitrogen and oxygen atoms in total. The van der Waals surface area contributed by atoms with Gasteiger partial charge in [-0.25, -0.2) is 4.79 Å². The van der Waals surface area contributed by atoms with Gasteiger partial charge in [-0.15, -0.1) is 4.73 Å². The summed E-state index contributed by atoms with van der Waals surface area (Å²) < 4.78 is 5.47. The Kier molecular flexibility index (Phi) is 2.60. The molecule has 0 aliphatic rings. The first-order valence-corrected chi connectivity index (χ1v) is 5.82. The van der Waals surface area contributed by atoms with Crippen molar-refractivity contribution in [1.82, 2.24) is 14.7 Å². The third kappa shape index (κ3) is 1.76. The monoisotopic (exact) mass is 273 g/mol. The molecule has 0 unspecified atom stereocenters. The third-order valence-electron chi connectivity index (χ3n) is 3.07. The fraction of sp³-hybridized carbons (Fsp3) is 0.0769. The number of hydrogen-bond acceptors (Lipinski definition) is 4. The number of hydrogen-bond donors (Lipinski definition) is 3. The highest BCUT2D eigenvalue weighted by molar-refractivity contribution is 5.82. The Morgan fingerprint density at radius 1 is 1.15 bits per heavy atom. The van der Waals surface area contributed by atoms with E-state index in [4.69, 9.17) is 4.74 Å². The van der Waals surface area contributed by atoms with Crippen LogP contribution in [-0.2, 0) is 0 Å². The summed E-state index contributed by atoms with van der Waals surface area (Å²) in [6, 6.07) is 8.69. The first-order chi connectivity index (χ1) is 9.60. The van der Waals surface area contributed by atoms with Gasteiger partial charge in [-0.1, -0.05) is 0 Å². The molecular formula is C13H11N3O4. The van der Waals surface area contributed by atoms with Crippen LogP contribution < -0.4 is 16.0 Å². The van der Waals surface area contributed by atoms with Gasteiger partial charge in [0.25, 0.3) is 5.56 Å². The van der Waals surface area contributed by atoms with Gasteiger partial charge in [0.15, 0.2) is 0 Å². The molecule has 2 heterocycles. The maximum atomic E-state index is 11.7. The van der Waals surface area contributed by atoms with Crippen molar-refractivity contribution in [3.63, 3.8) is 0 Å². The minimum Gasteiger partial charge on any atom is -0.497 e. The molecule has 20 heavy (non-hydrogen) atoms. The quantitative estimate of drug-likeness (QED) is 0.605. The maximum Gasteiger partial charge on any atom is 0.361 e. The zero-order chi connectivity index (χ0) is 14.3. The summed E-state index contributed by atoms with van der Waals surface area (Å²) in [4.78, 5) is 27.9. The molecule has 3 rings (SSSR count). The summed E-state index contributed by atoms with van der Waals surface area (Å²) in [6.45, 7) is 0. The molecule has 102 valence electrons. The number of rotatable bonds is 2. The Bertz CT molecular complexity index is 887. The highest BCUT2D eigenvalue weighted by Crippen LogP contribution is 2.23. The summed E-state index contributed by atoms with van der Waals surface area (Å²) in [5, 5.41) is 9.62. The molecule has 0 radical (unpaired) electrons. The number of fused-ring (bicyclic) bond motifs is 1. The predicted molar refractivity (Wildman–Crippen MR) is 72.4 cm³/mol. The average Bonchev–Trinajstić information content (AvgIpc) is 2.91. The lowest BCUT2D eigenvalue weighted by Gasteiger charge is -2.00. The molecule has 0 aliphatic heterocycles. The second-order valence-corrected chi connectivity index (χ2v) is 4.24. The second-order valence-electron chi connectivity index (χ2n) is 4.24. The highest BCUT2D eigenvalue weighted by atomic mass is 16.5. The van der Waals surface area contributed by atoms with Gasteiger partial charge in [0.05, 0.1) is 7.11 Å². The van der Waals surface area contributed by atoms with Crippen LogP contribution in [0.4, 0.5) is 0 Å². The summed E-state index contributed by atoms with van der Waals surface area (Å²) in [6.07, 6.45) is 0. The van der Waals surface area contributed by atoms with Gasteiger partial charge in [-0.3, -0.25) is 9.78 Å². The van der Waals surface area contributed by atoms with Gasteiger partial charge < -0.3 is 14.9 Å². The Hall–Kier alpha value is -2.96. The van der Waals surface area contributed by atoms with E-state index in [1.54, 1.807) is 31.4 Å². The molecule has 0 spiro atoms. The molecule has 0 aliphatic carbocycles. The molecule has 0 amide bonds. The summed E-state index contributed by atoms with van der Waals surface area (Å²) >= 11 is 0. The molecule has 0 fully saturated rings. The lowest BCUT2D eigenvalue weighted by molar-refractivity contribution is 0.183. The van der Waals surface area contributed by atoms with Gasteiger partial charge in [0.2, 0.25) is 0 Å². The number of H-pyrrole nitrogens is 2. The number of nitrogens with zero attached hydrogens (tertiary/aromatic N) is 1. The van der Waals surface area contributed by atoms with Crippen molar-refractivity contribution >= 4 is 11.0 Å². The van der Waals surface area contributed by atoms with Crippen LogP contribution in [0.1, 0.15) is 0 Å². The lowest BCUT2D eigenvalue weighted by atomic mass is 10.1. The van der Waals surface area contributed by atoms with Crippen LogP contribution in [0, 0.1) is 0 Å². The van der Waals surface area contributed by atoms with Gasteiger partial charge >= 0.3 is 5.69 Å². The minimum atomic E-state index is -0.872. The van der Waals surface area contributed by atoms with Gasteiger partial charge in [-0.2, -0.15) is 0 Å². The van der Waals surface area contributed by atoms with Crippen molar-refractivity contribution in [2.45, 2.75) is 0 Å². The molecule has 0 saturated carbocycles. The van der Waals surface area contributed by atoms with E-state index in [1.807, 2.05) is 4.98 Å². The summed E-state index contributed by atoms with van der Waals surface area (Å²) in [5.41, 5.74) is 0.232. The first kappa shape index (κ1) is 12.1. The van der Waals surface area contributed by atoms with Crippen molar-refractivity contribution in [3.8, 4) is 17.0 Å². The van der Waals surface area contributed by atoms with E-state index >= 15 is 0 Å². The Morgan fingerprint density at radius 3 is 2.50 bits per heavy atom. The number of benzene rings is 1. The zero-order valence-electron chi connectivity index (χ0n) is 10.5. The van der Waals surface area contributed by atoms with E-state index < -0.39 is 11.2 Å². The number of aromatic amines is 2. The van der Waals surface area contributed by atoms with Crippen LogP contribution >= 0.6 is 0 Å². The highest BCUT2D eigenvalue weighted by Gasteiger charge is 2.11. The third-order valence-corrected chi connectivity index (χ3v) is 3.07. The van der Waals surface area contributed by atoms with Crippen LogP contribution in [0.2, 0.25) is 0 Å². The first-order valence-electron chi connectivity index (χ1n) is 5.82. The largest absolute Gasteiger partial charge is 0.497 e. The van der Waals surface area contributed by atoms with Crippen molar-refractivity contribution in [3.05, 3.63) is 51.2 Å². The molecule has 0 bridgehead atoms. The number of aromatic nitrogens is 3. The molecule has 7 heteroatoms.